The average molecular weight is 256 g/mol. The molecule has 0 aromatic carbocycles. The molecule has 0 bridgehead atoms. The summed E-state index contributed by atoms with van der Waals surface area (Å²) in [7, 11) is 3.26. The summed E-state index contributed by atoms with van der Waals surface area (Å²) >= 11 is 0. The third-order valence-corrected chi connectivity index (χ3v) is 3.01. The molecule has 1 heterocycles. The summed E-state index contributed by atoms with van der Waals surface area (Å²) in [6, 6.07) is 0. The van der Waals surface area contributed by atoms with E-state index in [4.69, 9.17) is 19.3 Å². The standard InChI is InChI=1S/C14H24O4/c1-16-13-9-11-14(17-2,18-13)10-7-5-3-4-6-8-12-15/h3,5,9,11,13,15H,4,6-8,10,12H2,1-2H3/b5-3-. The van der Waals surface area contributed by atoms with Gasteiger partial charge in [-0.25, -0.2) is 0 Å². The molecule has 0 saturated heterocycles. The lowest BCUT2D eigenvalue weighted by atomic mass is 10.1. The van der Waals surface area contributed by atoms with Gasteiger partial charge in [0.05, 0.1) is 0 Å². The van der Waals surface area contributed by atoms with Crippen LogP contribution in [0.3, 0.4) is 0 Å². The Labute approximate surface area is 109 Å². The first-order valence-electron chi connectivity index (χ1n) is 6.47. The van der Waals surface area contributed by atoms with Crippen LogP contribution < -0.4 is 0 Å². The van der Waals surface area contributed by atoms with Crippen LogP contribution in [-0.4, -0.2) is 38.0 Å². The van der Waals surface area contributed by atoms with E-state index < -0.39 is 5.79 Å². The molecule has 0 spiro atoms. The van der Waals surface area contributed by atoms with E-state index in [9.17, 15) is 0 Å². The quantitative estimate of drug-likeness (QED) is 0.508. The van der Waals surface area contributed by atoms with Gasteiger partial charge in [-0.15, -0.1) is 0 Å². The number of ether oxygens (including phenoxy) is 3. The van der Waals surface area contributed by atoms with Gasteiger partial charge in [0.25, 0.3) is 0 Å². The van der Waals surface area contributed by atoms with Gasteiger partial charge >= 0.3 is 0 Å². The molecule has 0 aromatic rings. The molecule has 2 unspecified atom stereocenters. The largest absolute Gasteiger partial charge is 0.396 e. The van der Waals surface area contributed by atoms with Crippen molar-refractivity contribution < 1.29 is 19.3 Å². The van der Waals surface area contributed by atoms with Crippen molar-refractivity contribution in [2.45, 2.75) is 44.2 Å². The molecule has 0 radical (unpaired) electrons. The first-order valence-corrected chi connectivity index (χ1v) is 6.47. The van der Waals surface area contributed by atoms with Crippen molar-refractivity contribution in [2.24, 2.45) is 0 Å². The molecule has 1 aliphatic heterocycles. The van der Waals surface area contributed by atoms with E-state index in [2.05, 4.69) is 12.2 Å². The predicted octanol–water partition coefficient (Wildman–Crippen LogP) is 2.39. The molecule has 0 aliphatic carbocycles. The number of unbranched alkanes of at least 4 members (excludes halogenated alkanes) is 2. The van der Waals surface area contributed by atoms with Crippen molar-refractivity contribution >= 4 is 0 Å². The van der Waals surface area contributed by atoms with Crippen LogP contribution in [0.15, 0.2) is 24.3 Å². The minimum absolute atomic E-state index is 0.275. The van der Waals surface area contributed by atoms with E-state index in [0.717, 1.165) is 32.1 Å². The number of rotatable bonds is 9. The van der Waals surface area contributed by atoms with Gasteiger partial charge in [-0.05, 0) is 37.8 Å². The molecule has 104 valence electrons. The van der Waals surface area contributed by atoms with Crippen molar-refractivity contribution in [3.8, 4) is 0 Å². The monoisotopic (exact) mass is 256 g/mol. The van der Waals surface area contributed by atoms with Gasteiger partial charge in [0.2, 0.25) is 0 Å². The molecule has 2 atom stereocenters. The number of hydrogen-bond donors (Lipinski definition) is 1. The van der Waals surface area contributed by atoms with Gasteiger partial charge in [-0.3, -0.25) is 0 Å². The number of methoxy groups -OCH3 is 2. The number of aliphatic hydroxyl groups excluding tert-OH is 1. The Balaban J connectivity index is 2.22. The van der Waals surface area contributed by atoms with Crippen molar-refractivity contribution in [3.63, 3.8) is 0 Å². The van der Waals surface area contributed by atoms with E-state index >= 15 is 0 Å². The minimum Gasteiger partial charge on any atom is -0.396 e. The first-order chi connectivity index (χ1) is 8.76. The molecular weight excluding hydrogens is 232 g/mol. The zero-order valence-electron chi connectivity index (χ0n) is 11.3. The van der Waals surface area contributed by atoms with Crippen LogP contribution in [0, 0.1) is 0 Å². The second-order valence-electron chi connectivity index (χ2n) is 4.33. The SMILES string of the molecule is COC1C=CC(CC/C=C\CCCCO)(OC)O1. The number of aliphatic hydroxyl groups is 1. The molecule has 4 heteroatoms. The topological polar surface area (TPSA) is 47.9 Å². The molecule has 0 saturated carbocycles. The van der Waals surface area contributed by atoms with Crippen LogP contribution >= 0.6 is 0 Å². The first kappa shape index (κ1) is 15.4. The van der Waals surface area contributed by atoms with Crippen LogP contribution in [0.25, 0.3) is 0 Å². The summed E-state index contributed by atoms with van der Waals surface area (Å²) in [6.07, 6.45) is 12.3. The number of hydrogen-bond acceptors (Lipinski definition) is 4. The summed E-state index contributed by atoms with van der Waals surface area (Å²) < 4.78 is 16.2. The lowest BCUT2D eigenvalue weighted by Gasteiger charge is -2.26. The Bertz CT molecular complexity index is 275. The highest BCUT2D eigenvalue weighted by atomic mass is 16.8. The Morgan fingerprint density at radius 3 is 2.67 bits per heavy atom. The smallest absolute Gasteiger partial charge is 0.191 e. The second-order valence-corrected chi connectivity index (χ2v) is 4.33. The maximum Gasteiger partial charge on any atom is 0.191 e. The molecule has 0 aromatic heterocycles. The fourth-order valence-corrected chi connectivity index (χ4v) is 1.88. The van der Waals surface area contributed by atoms with Gasteiger partial charge in [0, 0.05) is 27.2 Å². The van der Waals surface area contributed by atoms with Crippen LogP contribution in [-0.2, 0) is 14.2 Å². The van der Waals surface area contributed by atoms with Crippen LogP contribution in [0.5, 0.6) is 0 Å². The van der Waals surface area contributed by atoms with E-state index in [1.807, 2.05) is 12.2 Å². The molecule has 0 fully saturated rings. The third-order valence-electron chi connectivity index (χ3n) is 3.01. The summed E-state index contributed by atoms with van der Waals surface area (Å²) in [4.78, 5) is 0. The van der Waals surface area contributed by atoms with E-state index in [0.29, 0.717) is 0 Å². The lowest BCUT2D eigenvalue weighted by Crippen LogP contribution is -2.32. The zero-order chi connectivity index (χ0) is 13.3. The maximum atomic E-state index is 8.65. The third kappa shape index (κ3) is 4.90. The van der Waals surface area contributed by atoms with Crippen molar-refractivity contribution in [2.75, 3.05) is 20.8 Å². The lowest BCUT2D eigenvalue weighted by molar-refractivity contribution is -0.244. The van der Waals surface area contributed by atoms with Gasteiger partial charge in [0.1, 0.15) is 0 Å². The number of allylic oxidation sites excluding steroid dienone is 2. The fraction of sp³-hybridized carbons (Fsp3) is 0.714. The molecule has 1 aliphatic rings. The van der Waals surface area contributed by atoms with Crippen LogP contribution in [0.2, 0.25) is 0 Å². The molecule has 4 nitrogen and oxygen atoms in total. The van der Waals surface area contributed by atoms with Crippen molar-refractivity contribution in [1.82, 2.24) is 0 Å². The van der Waals surface area contributed by atoms with Crippen LogP contribution in [0.4, 0.5) is 0 Å². The predicted molar refractivity (Wildman–Crippen MR) is 70.1 cm³/mol. The summed E-state index contributed by atoms with van der Waals surface area (Å²) in [5.41, 5.74) is 0. The summed E-state index contributed by atoms with van der Waals surface area (Å²) in [6.45, 7) is 0.275. The van der Waals surface area contributed by atoms with Gasteiger partial charge in [0.15, 0.2) is 12.1 Å². The van der Waals surface area contributed by atoms with E-state index in [-0.39, 0.29) is 12.9 Å². The van der Waals surface area contributed by atoms with Gasteiger partial charge in [-0.2, -0.15) is 0 Å². The normalized spacial score (nSPS) is 27.4. The summed E-state index contributed by atoms with van der Waals surface area (Å²) in [5, 5.41) is 8.65. The highest BCUT2D eigenvalue weighted by Gasteiger charge is 2.34. The Morgan fingerprint density at radius 2 is 2.06 bits per heavy atom. The van der Waals surface area contributed by atoms with Crippen molar-refractivity contribution in [3.05, 3.63) is 24.3 Å². The minimum atomic E-state index is -0.643. The Kier molecular flexibility index (Phi) is 7.20. The zero-order valence-corrected chi connectivity index (χ0v) is 11.3. The summed E-state index contributed by atoms with van der Waals surface area (Å²) in [5.74, 6) is -0.643. The van der Waals surface area contributed by atoms with Crippen molar-refractivity contribution in [1.29, 1.82) is 0 Å². The second kappa shape index (κ2) is 8.43. The fourth-order valence-electron chi connectivity index (χ4n) is 1.88. The molecule has 1 rings (SSSR count). The van der Waals surface area contributed by atoms with Gasteiger partial charge in [-0.1, -0.05) is 12.2 Å². The van der Waals surface area contributed by atoms with Crippen LogP contribution in [0.1, 0.15) is 32.1 Å². The molecule has 0 amide bonds. The highest BCUT2D eigenvalue weighted by Crippen LogP contribution is 2.29. The molecular formula is C14H24O4. The molecule has 1 N–H and O–H groups in total. The van der Waals surface area contributed by atoms with E-state index in [1.165, 1.54) is 0 Å². The van der Waals surface area contributed by atoms with E-state index in [1.54, 1.807) is 14.2 Å². The maximum absolute atomic E-state index is 8.65. The Morgan fingerprint density at radius 1 is 1.28 bits per heavy atom. The van der Waals surface area contributed by atoms with Gasteiger partial charge < -0.3 is 19.3 Å². The average Bonchev–Trinajstić information content (AvgIpc) is 2.82. The highest BCUT2D eigenvalue weighted by molar-refractivity contribution is 5.05. The molecule has 18 heavy (non-hydrogen) atoms. The Hall–Kier alpha value is -0.680.